The van der Waals surface area contributed by atoms with Crippen LogP contribution in [0, 0.1) is 0 Å². The molecule has 0 aliphatic carbocycles. The van der Waals surface area contributed by atoms with E-state index in [-0.39, 0.29) is 25.2 Å². The van der Waals surface area contributed by atoms with Gasteiger partial charge in [0.1, 0.15) is 0 Å². The molecule has 1 amide bonds. The number of ether oxygens (including phenoxy) is 1. The van der Waals surface area contributed by atoms with Gasteiger partial charge < -0.3 is 16.2 Å². The van der Waals surface area contributed by atoms with Crippen molar-refractivity contribution in [1.82, 2.24) is 4.90 Å². The number of nitrogens with zero attached hydrogens (tertiary/aromatic N) is 1. The number of amides is 1. The molecule has 0 unspecified atom stereocenters. The maximum absolute atomic E-state index is 11.7. The number of primary amides is 1. The van der Waals surface area contributed by atoms with Crippen molar-refractivity contribution in [3.63, 3.8) is 0 Å². The molecular formula is C14H21N3O3. The van der Waals surface area contributed by atoms with Crippen LogP contribution in [-0.4, -0.2) is 36.0 Å². The maximum atomic E-state index is 11.7. The Bertz CT molecular complexity index is 474. The van der Waals surface area contributed by atoms with Crippen LogP contribution in [0.4, 0.5) is 5.69 Å². The Hall–Kier alpha value is -2.08. The minimum absolute atomic E-state index is 0.00984. The van der Waals surface area contributed by atoms with Crippen molar-refractivity contribution < 1.29 is 14.3 Å². The zero-order valence-corrected chi connectivity index (χ0v) is 11.8. The molecule has 0 bridgehead atoms. The summed E-state index contributed by atoms with van der Waals surface area (Å²) >= 11 is 0. The normalized spacial score (nSPS) is 10.8. The standard InChI is InChI=1S/C14H21N3O3/c1-10(2)20-14(19)9-17(8-13(16)18)7-11-4-3-5-12(15)6-11/h3-6,10H,7-9,15H2,1-2H3,(H2,16,18). The molecule has 0 spiro atoms. The van der Waals surface area contributed by atoms with Gasteiger partial charge in [-0.05, 0) is 31.5 Å². The highest BCUT2D eigenvalue weighted by molar-refractivity contribution is 5.77. The second kappa shape index (κ2) is 7.49. The minimum Gasteiger partial charge on any atom is -0.462 e. The number of anilines is 1. The van der Waals surface area contributed by atoms with Gasteiger partial charge in [0.2, 0.25) is 5.91 Å². The molecule has 0 heterocycles. The highest BCUT2D eigenvalue weighted by Gasteiger charge is 2.15. The van der Waals surface area contributed by atoms with Gasteiger partial charge in [0.25, 0.3) is 0 Å². The molecule has 0 aromatic heterocycles. The summed E-state index contributed by atoms with van der Waals surface area (Å²) in [7, 11) is 0. The molecule has 0 saturated carbocycles. The van der Waals surface area contributed by atoms with E-state index in [4.69, 9.17) is 16.2 Å². The Morgan fingerprint density at radius 2 is 2.00 bits per heavy atom. The van der Waals surface area contributed by atoms with E-state index in [1.54, 1.807) is 30.9 Å². The summed E-state index contributed by atoms with van der Waals surface area (Å²) in [6, 6.07) is 7.26. The minimum atomic E-state index is -0.494. The van der Waals surface area contributed by atoms with Crippen LogP contribution in [-0.2, 0) is 20.9 Å². The van der Waals surface area contributed by atoms with E-state index < -0.39 is 5.91 Å². The number of benzene rings is 1. The Labute approximate surface area is 118 Å². The number of nitrogen functional groups attached to an aromatic ring is 1. The Morgan fingerprint density at radius 3 is 2.55 bits per heavy atom. The lowest BCUT2D eigenvalue weighted by molar-refractivity contribution is -0.149. The van der Waals surface area contributed by atoms with E-state index in [1.165, 1.54) is 0 Å². The molecular weight excluding hydrogens is 258 g/mol. The maximum Gasteiger partial charge on any atom is 0.320 e. The first-order chi connectivity index (χ1) is 9.36. The molecule has 1 aromatic rings. The van der Waals surface area contributed by atoms with E-state index in [2.05, 4.69) is 0 Å². The second-order valence-corrected chi connectivity index (χ2v) is 4.90. The van der Waals surface area contributed by atoms with Crippen LogP contribution in [0.1, 0.15) is 19.4 Å². The fraction of sp³-hybridized carbons (Fsp3) is 0.429. The van der Waals surface area contributed by atoms with Gasteiger partial charge in [-0.25, -0.2) is 0 Å². The largest absolute Gasteiger partial charge is 0.462 e. The molecule has 1 aromatic carbocycles. The molecule has 6 heteroatoms. The Balaban J connectivity index is 2.69. The van der Waals surface area contributed by atoms with Crippen molar-refractivity contribution in [2.45, 2.75) is 26.5 Å². The van der Waals surface area contributed by atoms with Gasteiger partial charge in [-0.1, -0.05) is 12.1 Å². The summed E-state index contributed by atoms with van der Waals surface area (Å²) in [4.78, 5) is 24.4. The first kappa shape index (κ1) is 16.0. The van der Waals surface area contributed by atoms with Crippen molar-refractivity contribution >= 4 is 17.6 Å². The van der Waals surface area contributed by atoms with Crippen molar-refractivity contribution in [2.75, 3.05) is 18.8 Å². The highest BCUT2D eigenvalue weighted by atomic mass is 16.5. The van der Waals surface area contributed by atoms with Crippen LogP contribution in [0.5, 0.6) is 0 Å². The molecule has 0 aliphatic rings. The number of nitrogens with two attached hydrogens (primary N) is 2. The van der Waals surface area contributed by atoms with Crippen molar-refractivity contribution in [3.8, 4) is 0 Å². The van der Waals surface area contributed by atoms with Gasteiger partial charge >= 0.3 is 5.97 Å². The molecule has 4 N–H and O–H groups in total. The lowest BCUT2D eigenvalue weighted by Crippen LogP contribution is -2.38. The van der Waals surface area contributed by atoms with Gasteiger partial charge in [0.15, 0.2) is 0 Å². The Morgan fingerprint density at radius 1 is 1.30 bits per heavy atom. The van der Waals surface area contributed by atoms with Crippen LogP contribution in [0.3, 0.4) is 0 Å². The van der Waals surface area contributed by atoms with E-state index in [1.807, 2.05) is 12.1 Å². The summed E-state index contributed by atoms with van der Waals surface area (Å²) in [5, 5.41) is 0. The quantitative estimate of drug-likeness (QED) is 0.559. The number of hydrogen-bond acceptors (Lipinski definition) is 5. The predicted molar refractivity (Wildman–Crippen MR) is 76.6 cm³/mol. The van der Waals surface area contributed by atoms with Gasteiger partial charge in [-0.15, -0.1) is 0 Å². The molecule has 0 fully saturated rings. The third kappa shape index (κ3) is 6.19. The van der Waals surface area contributed by atoms with Gasteiger partial charge in [-0.3, -0.25) is 14.5 Å². The van der Waals surface area contributed by atoms with Gasteiger partial charge in [0, 0.05) is 12.2 Å². The SMILES string of the molecule is CC(C)OC(=O)CN(CC(N)=O)Cc1cccc(N)c1. The van der Waals surface area contributed by atoms with Crippen LogP contribution < -0.4 is 11.5 Å². The lowest BCUT2D eigenvalue weighted by Gasteiger charge is -2.20. The first-order valence-electron chi connectivity index (χ1n) is 6.41. The molecule has 0 atom stereocenters. The number of esters is 1. The monoisotopic (exact) mass is 279 g/mol. The second-order valence-electron chi connectivity index (χ2n) is 4.90. The fourth-order valence-electron chi connectivity index (χ4n) is 1.82. The topological polar surface area (TPSA) is 98.6 Å². The van der Waals surface area contributed by atoms with Crippen LogP contribution >= 0.6 is 0 Å². The van der Waals surface area contributed by atoms with Crippen molar-refractivity contribution in [3.05, 3.63) is 29.8 Å². The third-order valence-corrected chi connectivity index (χ3v) is 2.46. The van der Waals surface area contributed by atoms with E-state index in [9.17, 15) is 9.59 Å². The van der Waals surface area contributed by atoms with Crippen LogP contribution in [0.2, 0.25) is 0 Å². The molecule has 20 heavy (non-hydrogen) atoms. The van der Waals surface area contributed by atoms with Crippen LogP contribution in [0.25, 0.3) is 0 Å². The predicted octanol–water partition coefficient (Wildman–Crippen LogP) is 0.508. The first-order valence-corrected chi connectivity index (χ1v) is 6.41. The molecule has 0 saturated heterocycles. The zero-order chi connectivity index (χ0) is 15.1. The number of hydrogen-bond donors (Lipinski definition) is 2. The van der Waals surface area contributed by atoms with E-state index >= 15 is 0 Å². The average Bonchev–Trinajstić information content (AvgIpc) is 2.26. The summed E-state index contributed by atoms with van der Waals surface area (Å²) in [5.74, 6) is -0.878. The smallest absolute Gasteiger partial charge is 0.320 e. The number of carbonyl (C=O) groups is 2. The van der Waals surface area contributed by atoms with Crippen molar-refractivity contribution in [1.29, 1.82) is 0 Å². The fourth-order valence-corrected chi connectivity index (χ4v) is 1.82. The number of rotatable bonds is 7. The lowest BCUT2D eigenvalue weighted by atomic mass is 10.2. The average molecular weight is 279 g/mol. The van der Waals surface area contributed by atoms with E-state index in [0.29, 0.717) is 12.2 Å². The summed E-state index contributed by atoms with van der Waals surface area (Å²) < 4.78 is 5.07. The summed E-state index contributed by atoms with van der Waals surface area (Å²) in [6.07, 6.45) is -0.190. The molecule has 6 nitrogen and oxygen atoms in total. The van der Waals surface area contributed by atoms with Crippen molar-refractivity contribution in [2.24, 2.45) is 5.73 Å². The van der Waals surface area contributed by atoms with Gasteiger partial charge in [-0.2, -0.15) is 0 Å². The summed E-state index contributed by atoms with van der Waals surface area (Å²) in [6.45, 7) is 3.95. The van der Waals surface area contributed by atoms with E-state index in [0.717, 1.165) is 5.56 Å². The van der Waals surface area contributed by atoms with Crippen LogP contribution in [0.15, 0.2) is 24.3 Å². The molecule has 110 valence electrons. The third-order valence-electron chi connectivity index (χ3n) is 2.46. The summed E-state index contributed by atoms with van der Waals surface area (Å²) in [5.41, 5.74) is 12.4. The molecule has 0 aliphatic heterocycles. The number of carbonyl (C=O) groups excluding carboxylic acids is 2. The molecule has 1 rings (SSSR count). The zero-order valence-electron chi connectivity index (χ0n) is 11.8. The van der Waals surface area contributed by atoms with Gasteiger partial charge in [0.05, 0.1) is 19.2 Å². The molecule has 0 radical (unpaired) electrons. The Kier molecular flexibility index (Phi) is 5.99. The highest BCUT2D eigenvalue weighted by Crippen LogP contribution is 2.09.